The van der Waals surface area contributed by atoms with Gasteiger partial charge in [-0.1, -0.05) is 19.1 Å². The van der Waals surface area contributed by atoms with Gasteiger partial charge in [0, 0.05) is 13.2 Å². The first kappa shape index (κ1) is 13.1. The smallest absolute Gasteiger partial charge is 0.123 e. The summed E-state index contributed by atoms with van der Waals surface area (Å²) in [6.45, 7) is 3.89. The Morgan fingerprint density at radius 1 is 1.44 bits per heavy atom. The molecular weight excluding hydrogens is 205 g/mol. The van der Waals surface area contributed by atoms with Gasteiger partial charge in [-0.15, -0.1) is 0 Å². The van der Waals surface area contributed by atoms with Gasteiger partial charge in [0.15, 0.2) is 0 Å². The van der Waals surface area contributed by atoms with Crippen LogP contribution in [0.2, 0.25) is 0 Å². The number of nitrogens with one attached hydrogen (secondary N) is 1. The van der Waals surface area contributed by atoms with Crippen LogP contribution in [-0.2, 0) is 6.54 Å². The van der Waals surface area contributed by atoms with Crippen molar-refractivity contribution >= 4 is 0 Å². The van der Waals surface area contributed by atoms with E-state index in [0.29, 0.717) is 12.5 Å². The van der Waals surface area contributed by atoms with Gasteiger partial charge < -0.3 is 10.4 Å². The standard InChI is InChI=1S/C13H20FNO/c1-11(10-16)4-3-7-15-9-12-5-2-6-13(14)8-12/h2,5-6,8,11,15-16H,3-4,7,9-10H2,1H3. The SMILES string of the molecule is CC(CO)CCCNCc1cccc(F)c1. The molecule has 0 radical (unpaired) electrons. The molecule has 1 aromatic carbocycles. The molecule has 2 nitrogen and oxygen atoms in total. The number of hydrogen-bond acceptors (Lipinski definition) is 2. The molecule has 0 aromatic heterocycles. The number of benzene rings is 1. The molecule has 0 aliphatic rings. The Labute approximate surface area is 96.5 Å². The Balaban J connectivity index is 2.12. The van der Waals surface area contributed by atoms with Crippen LogP contribution in [0.4, 0.5) is 4.39 Å². The van der Waals surface area contributed by atoms with Crippen molar-refractivity contribution in [3.63, 3.8) is 0 Å². The summed E-state index contributed by atoms with van der Waals surface area (Å²) < 4.78 is 12.8. The van der Waals surface area contributed by atoms with E-state index in [0.717, 1.165) is 24.9 Å². The largest absolute Gasteiger partial charge is 0.396 e. The maximum atomic E-state index is 12.8. The number of hydrogen-bond donors (Lipinski definition) is 2. The summed E-state index contributed by atoms with van der Waals surface area (Å²) in [5, 5.41) is 12.1. The first-order valence-corrected chi connectivity index (χ1v) is 5.78. The third-order valence-corrected chi connectivity index (χ3v) is 2.58. The highest BCUT2D eigenvalue weighted by atomic mass is 19.1. The molecule has 0 amide bonds. The molecule has 0 saturated carbocycles. The molecule has 1 unspecified atom stereocenters. The van der Waals surface area contributed by atoms with Gasteiger partial charge in [0.05, 0.1) is 0 Å². The Kier molecular flexibility index (Phi) is 6.04. The minimum Gasteiger partial charge on any atom is -0.396 e. The summed E-state index contributed by atoms with van der Waals surface area (Å²) in [5.74, 6) is 0.184. The molecule has 1 rings (SSSR count). The Morgan fingerprint density at radius 2 is 2.25 bits per heavy atom. The monoisotopic (exact) mass is 225 g/mol. The Morgan fingerprint density at radius 3 is 2.94 bits per heavy atom. The number of halogens is 1. The Hall–Kier alpha value is -0.930. The molecule has 0 fully saturated rings. The molecule has 1 aromatic rings. The molecule has 90 valence electrons. The zero-order valence-corrected chi connectivity index (χ0v) is 9.75. The maximum Gasteiger partial charge on any atom is 0.123 e. The zero-order valence-electron chi connectivity index (χ0n) is 9.75. The fraction of sp³-hybridized carbons (Fsp3) is 0.538. The average molecular weight is 225 g/mol. The van der Waals surface area contributed by atoms with Crippen LogP contribution < -0.4 is 5.32 Å². The maximum absolute atomic E-state index is 12.8. The van der Waals surface area contributed by atoms with E-state index in [2.05, 4.69) is 5.32 Å². The van der Waals surface area contributed by atoms with Crippen LogP contribution in [0.5, 0.6) is 0 Å². The van der Waals surface area contributed by atoms with Crippen molar-refractivity contribution in [2.75, 3.05) is 13.2 Å². The van der Waals surface area contributed by atoms with E-state index in [9.17, 15) is 4.39 Å². The third kappa shape index (κ3) is 5.24. The van der Waals surface area contributed by atoms with Crippen LogP contribution >= 0.6 is 0 Å². The predicted molar refractivity (Wildman–Crippen MR) is 63.6 cm³/mol. The van der Waals surface area contributed by atoms with Gasteiger partial charge in [0.2, 0.25) is 0 Å². The molecule has 1 atom stereocenters. The van der Waals surface area contributed by atoms with Crippen molar-refractivity contribution in [1.82, 2.24) is 5.32 Å². The first-order valence-electron chi connectivity index (χ1n) is 5.78. The van der Waals surface area contributed by atoms with E-state index in [1.165, 1.54) is 6.07 Å². The minimum absolute atomic E-state index is 0.187. The first-order chi connectivity index (χ1) is 7.72. The lowest BCUT2D eigenvalue weighted by Gasteiger charge is -2.08. The van der Waals surface area contributed by atoms with Crippen molar-refractivity contribution in [3.8, 4) is 0 Å². The van der Waals surface area contributed by atoms with Gasteiger partial charge in [-0.05, 0) is 43.0 Å². The van der Waals surface area contributed by atoms with Gasteiger partial charge >= 0.3 is 0 Å². The second-order valence-corrected chi connectivity index (χ2v) is 4.24. The van der Waals surface area contributed by atoms with Gasteiger partial charge in [0.25, 0.3) is 0 Å². The molecule has 0 saturated heterocycles. The summed E-state index contributed by atoms with van der Waals surface area (Å²) in [6.07, 6.45) is 2.06. The summed E-state index contributed by atoms with van der Waals surface area (Å²) in [5.41, 5.74) is 0.968. The van der Waals surface area contributed by atoms with Crippen molar-refractivity contribution < 1.29 is 9.50 Å². The minimum atomic E-state index is -0.187. The van der Waals surface area contributed by atoms with Crippen LogP contribution in [0.25, 0.3) is 0 Å². The third-order valence-electron chi connectivity index (χ3n) is 2.58. The van der Waals surface area contributed by atoms with E-state index in [-0.39, 0.29) is 12.4 Å². The van der Waals surface area contributed by atoms with E-state index in [4.69, 9.17) is 5.11 Å². The molecule has 16 heavy (non-hydrogen) atoms. The van der Waals surface area contributed by atoms with E-state index in [1.807, 2.05) is 13.0 Å². The highest BCUT2D eigenvalue weighted by Crippen LogP contribution is 2.04. The summed E-state index contributed by atoms with van der Waals surface area (Å²) in [4.78, 5) is 0. The van der Waals surface area contributed by atoms with Gasteiger partial charge in [-0.25, -0.2) is 4.39 Å². The van der Waals surface area contributed by atoms with Gasteiger partial charge in [-0.3, -0.25) is 0 Å². The lowest BCUT2D eigenvalue weighted by Crippen LogP contribution is -2.16. The molecule has 0 spiro atoms. The second-order valence-electron chi connectivity index (χ2n) is 4.24. The lowest BCUT2D eigenvalue weighted by molar-refractivity contribution is 0.228. The van der Waals surface area contributed by atoms with Crippen molar-refractivity contribution in [2.45, 2.75) is 26.3 Å². The Bertz CT molecular complexity index is 304. The molecule has 0 aliphatic carbocycles. The predicted octanol–water partition coefficient (Wildman–Crippen LogP) is 2.32. The van der Waals surface area contributed by atoms with E-state index < -0.39 is 0 Å². The topological polar surface area (TPSA) is 32.3 Å². The fourth-order valence-corrected chi connectivity index (χ4v) is 1.55. The van der Waals surface area contributed by atoms with Crippen molar-refractivity contribution in [3.05, 3.63) is 35.6 Å². The van der Waals surface area contributed by atoms with Crippen LogP contribution in [0.15, 0.2) is 24.3 Å². The lowest BCUT2D eigenvalue weighted by atomic mass is 10.1. The van der Waals surface area contributed by atoms with Crippen LogP contribution in [0.3, 0.4) is 0 Å². The molecule has 0 heterocycles. The van der Waals surface area contributed by atoms with E-state index >= 15 is 0 Å². The highest BCUT2D eigenvalue weighted by Gasteiger charge is 1.99. The number of aliphatic hydroxyl groups excluding tert-OH is 1. The zero-order chi connectivity index (χ0) is 11.8. The summed E-state index contributed by atoms with van der Waals surface area (Å²) >= 11 is 0. The summed E-state index contributed by atoms with van der Waals surface area (Å²) in [6, 6.07) is 6.63. The highest BCUT2D eigenvalue weighted by molar-refractivity contribution is 5.15. The normalized spacial score (nSPS) is 12.7. The number of aliphatic hydroxyl groups is 1. The average Bonchev–Trinajstić information content (AvgIpc) is 2.28. The molecule has 3 heteroatoms. The fourth-order valence-electron chi connectivity index (χ4n) is 1.55. The van der Waals surface area contributed by atoms with Crippen LogP contribution in [0, 0.1) is 11.7 Å². The summed E-state index contributed by atoms with van der Waals surface area (Å²) in [7, 11) is 0. The second kappa shape index (κ2) is 7.36. The van der Waals surface area contributed by atoms with Crippen molar-refractivity contribution in [1.29, 1.82) is 0 Å². The number of rotatable bonds is 7. The molecule has 2 N–H and O–H groups in total. The molecular formula is C13H20FNO. The van der Waals surface area contributed by atoms with Gasteiger partial charge in [-0.2, -0.15) is 0 Å². The van der Waals surface area contributed by atoms with Crippen molar-refractivity contribution in [2.24, 2.45) is 5.92 Å². The van der Waals surface area contributed by atoms with Gasteiger partial charge in [0.1, 0.15) is 5.82 Å². The quantitative estimate of drug-likeness (QED) is 0.698. The van der Waals surface area contributed by atoms with Crippen LogP contribution in [-0.4, -0.2) is 18.3 Å². The van der Waals surface area contributed by atoms with E-state index in [1.54, 1.807) is 12.1 Å². The molecule has 0 aliphatic heterocycles. The molecule has 0 bridgehead atoms. The van der Waals surface area contributed by atoms with Crippen LogP contribution in [0.1, 0.15) is 25.3 Å².